The Kier molecular flexibility index (Phi) is 4.90. The molecule has 1 heterocycles. The van der Waals surface area contributed by atoms with Gasteiger partial charge in [-0.2, -0.15) is 0 Å². The first kappa shape index (κ1) is 13.2. The monoisotopic (exact) mass is 305 g/mol. The molecular formula is C15H16BrNO. The van der Waals surface area contributed by atoms with E-state index in [0.717, 1.165) is 17.3 Å². The van der Waals surface area contributed by atoms with E-state index in [1.54, 1.807) is 0 Å². The lowest BCUT2D eigenvalue weighted by atomic mass is 9.88. The molecule has 2 aromatic rings. The summed E-state index contributed by atoms with van der Waals surface area (Å²) in [5.41, 5.74) is 2.50. The molecule has 0 aliphatic heterocycles. The lowest BCUT2D eigenvalue weighted by Crippen LogP contribution is -2.03. The van der Waals surface area contributed by atoms with Crippen molar-refractivity contribution in [2.75, 3.05) is 6.61 Å². The maximum absolute atomic E-state index is 9.05. The van der Waals surface area contributed by atoms with Crippen LogP contribution in [0.3, 0.4) is 0 Å². The number of rotatable bonds is 5. The van der Waals surface area contributed by atoms with E-state index in [0.29, 0.717) is 5.92 Å². The van der Waals surface area contributed by atoms with Crippen LogP contribution in [0.2, 0.25) is 0 Å². The third-order valence-electron chi connectivity index (χ3n) is 3.03. The summed E-state index contributed by atoms with van der Waals surface area (Å²) in [5.74, 6) is 0.302. The molecule has 0 aliphatic rings. The van der Waals surface area contributed by atoms with Crippen LogP contribution in [0.25, 0.3) is 0 Å². The maximum atomic E-state index is 9.05. The van der Waals surface area contributed by atoms with Gasteiger partial charge in [0, 0.05) is 29.4 Å². The fourth-order valence-corrected chi connectivity index (χ4v) is 2.68. The second kappa shape index (κ2) is 6.66. The Morgan fingerprint density at radius 3 is 2.61 bits per heavy atom. The van der Waals surface area contributed by atoms with E-state index < -0.39 is 0 Å². The Bertz CT molecular complexity index is 487. The normalized spacial score (nSPS) is 12.3. The van der Waals surface area contributed by atoms with Crippen molar-refractivity contribution in [1.82, 2.24) is 4.98 Å². The van der Waals surface area contributed by atoms with Gasteiger partial charge in [-0.15, -0.1) is 0 Å². The van der Waals surface area contributed by atoms with E-state index in [1.807, 2.05) is 24.5 Å². The van der Waals surface area contributed by atoms with Crippen molar-refractivity contribution in [3.63, 3.8) is 0 Å². The fraction of sp³-hybridized carbons (Fsp3) is 0.267. The minimum Gasteiger partial charge on any atom is -0.396 e. The zero-order chi connectivity index (χ0) is 12.8. The Labute approximate surface area is 116 Å². The van der Waals surface area contributed by atoms with Crippen LogP contribution < -0.4 is 0 Å². The van der Waals surface area contributed by atoms with Crippen molar-refractivity contribution in [2.45, 2.75) is 18.8 Å². The number of halogens is 1. The summed E-state index contributed by atoms with van der Waals surface area (Å²) < 4.78 is 1.02. The lowest BCUT2D eigenvalue weighted by molar-refractivity contribution is 0.282. The van der Waals surface area contributed by atoms with Gasteiger partial charge in [0.05, 0.1) is 0 Å². The maximum Gasteiger partial charge on any atom is 0.0431 e. The Morgan fingerprint density at radius 1 is 1.17 bits per heavy atom. The molecule has 0 saturated heterocycles. The van der Waals surface area contributed by atoms with Gasteiger partial charge in [0.25, 0.3) is 0 Å². The molecule has 2 nitrogen and oxygen atoms in total. The van der Waals surface area contributed by atoms with Crippen LogP contribution in [-0.4, -0.2) is 16.7 Å². The minimum absolute atomic E-state index is 0.228. The number of benzene rings is 1. The van der Waals surface area contributed by atoms with Crippen LogP contribution in [0, 0.1) is 0 Å². The zero-order valence-electron chi connectivity index (χ0n) is 10.1. The number of aliphatic hydroxyl groups excluding tert-OH is 1. The highest BCUT2D eigenvalue weighted by molar-refractivity contribution is 9.10. The average molecular weight is 306 g/mol. The molecule has 0 fully saturated rings. The van der Waals surface area contributed by atoms with Gasteiger partial charge in [0.15, 0.2) is 0 Å². The molecule has 1 N–H and O–H groups in total. The van der Waals surface area contributed by atoms with Crippen molar-refractivity contribution in [1.29, 1.82) is 0 Å². The fourth-order valence-electron chi connectivity index (χ4n) is 2.15. The van der Waals surface area contributed by atoms with Crippen molar-refractivity contribution < 1.29 is 5.11 Å². The molecule has 0 saturated carbocycles. The Balaban J connectivity index is 2.34. The molecule has 3 heteroatoms. The standard InChI is InChI=1S/C15H16BrNO/c16-15-11-17-9-8-14(15)13(7-4-10-18)12-5-2-1-3-6-12/h1-3,5-6,8-9,11,13,18H,4,7,10H2. The van der Waals surface area contributed by atoms with Gasteiger partial charge in [-0.25, -0.2) is 0 Å². The highest BCUT2D eigenvalue weighted by Gasteiger charge is 2.16. The van der Waals surface area contributed by atoms with Crippen LogP contribution in [0.1, 0.15) is 29.9 Å². The van der Waals surface area contributed by atoms with E-state index in [2.05, 4.69) is 45.2 Å². The highest BCUT2D eigenvalue weighted by atomic mass is 79.9. The summed E-state index contributed by atoms with van der Waals surface area (Å²) in [6.07, 6.45) is 5.37. The molecule has 94 valence electrons. The number of aliphatic hydroxyl groups is 1. The summed E-state index contributed by atoms with van der Waals surface area (Å²) >= 11 is 3.56. The number of hydrogen-bond acceptors (Lipinski definition) is 2. The van der Waals surface area contributed by atoms with Gasteiger partial charge in [-0.1, -0.05) is 30.3 Å². The Hall–Kier alpha value is -1.19. The van der Waals surface area contributed by atoms with E-state index in [1.165, 1.54) is 11.1 Å². The SMILES string of the molecule is OCCCC(c1ccccc1)c1ccncc1Br. The molecule has 0 radical (unpaired) electrons. The second-order valence-electron chi connectivity index (χ2n) is 4.23. The van der Waals surface area contributed by atoms with Crippen LogP contribution >= 0.6 is 15.9 Å². The van der Waals surface area contributed by atoms with Gasteiger partial charge in [-0.3, -0.25) is 4.98 Å². The summed E-state index contributed by atoms with van der Waals surface area (Å²) in [6.45, 7) is 0.228. The molecule has 18 heavy (non-hydrogen) atoms. The minimum atomic E-state index is 0.228. The van der Waals surface area contributed by atoms with E-state index in [4.69, 9.17) is 5.11 Å². The van der Waals surface area contributed by atoms with Gasteiger partial charge in [0.2, 0.25) is 0 Å². The molecule has 0 aliphatic carbocycles. The number of hydrogen-bond donors (Lipinski definition) is 1. The molecule has 1 aromatic heterocycles. The van der Waals surface area contributed by atoms with Crippen molar-refractivity contribution in [3.8, 4) is 0 Å². The largest absolute Gasteiger partial charge is 0.396 e. The van der Waals surface area contributed by atoms with Crippen molar-refractivity contribution in [3.05, 3.63) is 64.4 Å². The molecule has 1 aromatic carbocycles. The van der Waals surface area contributed by atoms with E-state index in [-0.39, 0.29) is 6.61 Å². The first-order valence-electron chi connectivity index (χ1n) is 6.08. The predicted octanol–water partition coefficient (Wildman–Crippen LogP) is 3.75. The highest BCUT2D eigenvalue weighted by Crippen LogP contribution is 2.33. The average Bonchev–Trinajstić information content (AvgIpc) is 2.42. The summed E-state index contributed by atoms with van der Waals surface area (Å²) in [7, 11) is 0. The predicted molar refractivity (Wildman–Crippen MR) is 76.5 cm³/mol. The number of pyridine rings is 1. The first-order chi connectivity index (χ1) is 8.83. The van der Waals surface area contributed by atoms with Gasteiger partial charge in [-0.05, 0) is 46.0 Å². The topological polar surface area (TPSA) is 33.1 Å². The van der Waals surface area contributed by atoms with Crippen LogP contribution in [0.5, 0.6) is 0 Å². The molecule has 0 bridgehead atoms. The third-order valence-corrected chi connectivity index (χ3v) is 3.69. The first-order valence-corrected chi connectivity index (χ1v) is 6.87. The molecular weight excluding hydrogens is 290 g/mol. The van der Waals surface area contributed by atoms with Crippen LogP contribution in [0.15, 0.2) is 53.3 Å². The van der Waals surface area contributed by atoms with Crippen LogP contribution in [0.4, 0.5) is 0 Å². The van der Waals surface area contributed by atoms with Crippen LogP contribution in [-0.2, 0) is 0 Å². The van der Waals surface area contributed by atoms with Gasteiger partial charge < -0.3 is 5.11 Å². The molecule has 1 unspecified atom stereocenters. The zero-order valence-corrected chi connectivity index (χ0v) is 11.7. The number of nitrogens with zero attached hydrogens (tertiary/aromatic N) is 1. The summed E-state index contributed by atoms with van der Waals surface area (Å²) in [4.78, 5) is 4.11. The smallest absolute Gasteiger partial charge is 0.0431 e. The third kappa shape index (κ3) is 3.18. The van der Waals surface area contributed by atoms with Gasteiger partial charge >= 0.3 is 0 Å². The van der Waals surface area contributed by atoms with E-state index >= 15 is 0 Å². The Morgan fingerprint density at radius 2 is 1.94 bits per heavy atom. The second-order valence-corrected chi connectivity index (χ2v) is 5.08. The lowest BCUT2D eigenvalue weighted by Gasteiger charge is -2.18. The van der Waals surface area contributed by atoms with Crippen molar-refractivity contribution in [2.24, 2.45) is 0 Å². The number of aromatic nitrogens is 1. The quantitative estimate of drug-likeness (QED) is 0.912. The molecule has 0 spiro atoms. The van der Waals surface area contributed by atoms with Crippen molar-refractivity contribution >= 4 is 15.9 Å². The molecule has 1 atom stereocenters. The van der Waals surface area contributed by atoms with Gasteiger partial charge in [0.1, 0.15) is 0 Å². The summed E-state index contributed by atoms with van der Waals surface area (Å²) in [6, 6.07) is 12.4. The molecule has 2 rings (SSSR count). The van der Waals surface area contributed by atoms with E-state index in [9.17, 15) is 0 Å². The molecule has 0 amide bonds. The summed E-state index contributed by atoms with van der Waals surface area (Å²) in [5, 5.41) is 9.05.